The minimum absolute atomic E-state index is 0.285. The highest BCUT2D eigenvalue weighted by Gasteiger charge is 2.24. The molecule has 2 atom stereocenters. The number of aliphatic hydroxyl groups excluding tert-OH is 1. The third kappa shape index (κ3) is 26.2. The van der Waals surface area contributed by atoms with Gasteiger partial charge >= 0.3 is 0 Å². The Labute approximate surface area is 228 Å². The Morgan fingerprint density at radius 1 is 0.703 bits per heavy atom. The van der Waals surface area contributed by atoms with Gasteiger partial charge in [0.05, 0.1) is 17.9 Å². The Morgan fingerprint density at radius 2 is 1.16 bits per heavy atom. The van der Waals surface area contributed by atoms with E-state index >= 15 is 0 Å². The summed E-state index contributed by atoms with van der Waals surface area (Å²) in [4.78, 5) is 12.3. The van der Waals surface area contributed by atoms with E-state index in [0.29, 0.717) is 0 Å². The summed E-state index contributed by atoms with van der Waals surface area (Å²) in [6, 6.07) is -1.05. The molecule has 218 valence electrons. The summed E-state index contributed by atoms with van der Waals surface area (Å²) in [5, 5.41) is 13.1. The molecule has 0 aromatic carbocycles. The number of rotatable bonds is 26. The molecule has 0 aliphatic carbocycles. The summed E-state index contributed by atoms with van der Waals surface area (Å²) < 4.78 is 32.1. The van der Waals surface area contributed by atoms with E-state index in [1.165, 1.54) is 63.9 Å². The first kappa shape index (κ1) is 35.8. The summed E-state index contributed by atoms with van der Waals surface area (Å²) in [7, 11) is -4.33. The minimum atomic E-state index is -4.33. The van der Waals surface area contributed by atoms with E-state index < -0.39 is 28.0 Å². The highest BCUT2D eigenvalue weighted by atomic mass is 32.2. The van der Waals surface area contributed by atoms with Gasteiger partial charge in [-0.3, -0.25) is 9.35 Å². The Kier molecular flexibility index (Phi) is 24.3. The molecule has 0 heterocycles. The highest BCUT2D eigenvalue weighted by molar-refractivity contribution is 7.85. The third-order valence-electron chi connectivity index (χ3n) is 6.62. The number of aliphatic hydroxyl groups is 1. The van der Waals surface area contributed by atoms with Gasteiger partial charge in [0.25, 0.3) is 10.1 Å². The van der Waals surface area contributed by atoms with Crippen LogP contribution in [0.3, 0.4) is 0 Å². The zero-order valence-electron chi connectivity index (χ0n) is 23.8. The lowest BCUT2D eigenvalue weighted by Gasteiger charge is -2.21. The molecule has 0 fully saturated rings. The first-order valence-corrected chi connectivity index (χ1v) is 16.6. The fourth-order valence-corrected chi connectivity index (χ4v) is 5.04. The van der Waals surface area contributed by atoms with E-state index in [4.69, 9.17) is 0 Å². The van der Waals surface area contributed by atoms with Crippen molar-refractivity contribution >= 4 is 16.0 Å². The standard InChI is InChI=1S/C30H57NO5S/c1-3-5-7-9-11-13-15-17-19-21-23-25-29(32)28(27-37(34,35)36)31-30(33)26-24-22-20-18-16-14-12-10-8-6-4-2/h10,12,23,25,28-29,32H,3-9,11,13-22,24,26-27H2,1-2H3,(H,31,33)(H,34,35,36)/b12-10-,25-23+. The van der Waals surface area contributed by atoms with Gasteiger partial charge in [-0.15, -0.1) is 0 Å². The Bertz CT molecular complexity index is 690. The smallest absolute Gasteiger partial charge is 0.267 e. The lowest BCUT2D eigenvalue weighted by atomic mass is 10.1. The second kappa shape index (κ2) is 25.1. The molecule has 0 bridgehead atoms. The van der Waals surface area contributed by atoms with Crippen LogP contribution in [0.5, 0.6) is 0 Å². The van der Waals surface area contributed by atoms with Crippen molar-refractivity contribution in [2.75, 3.05) is 5.75 Å². The Balaban J connectivity index is 4.14. The molecule has 2 unspecified atom stereocenters. The first-order chi connectivity index (χ1) is 17.8. The number of nitrogens with one attached hydrogen (secondary N) is 1. The van der Waals surface area contributed by atoms with Crippen molar-refractivity contribution in [2.24, 2.45) is 0 Å². The maximum absolute atomic E-state index is 12.3. The van der Waals surface area contributed by atoms with E-state index in [2.05, 4.69) is 31.3 Å². The van der Waals surface area contributed by atoms with Crippen LogP contribution in [0.2, 0.25) is 0 Å². The molecule has 0 saturated heterocycles. The lowest BCUT2D eigenvalue weighted by Crippen LogP contribution is -2.46. The highest BCUT2D eigenvalue weighted by Crippen LogP contribution is 2.12. The fourth-order valence-electron chi connectivity index (χ4n) is 4.31. The predicted molar refractivity (Wildman–Crippen MR) is 156 cm³/mol. The molecule has 0 aromatic heterocycles. The molecular formula is C30H57NO5S. The van der Waals surface area contributed by atoms with Crippen LogP contribution in [-0.2, 0) is 14.9 Å². The summed E-state index contributed by atoms with van der Waals surface area (Å²) >= 11 is 0. The molecule has 0 radical (unpaired) electrons. The van der Waals surface area contributed by atoms with Crippen molar-refractivity contribution in [3.8, 4) is 0 Å². The molecular weight excluding hydrogens is 486 g/mol. The molecule has 0 aromatic rings. The summed E-state index contributed by atoms with van der Waals surface area (Å²) in [5.41, 5.74) is 0. The predicted octanol–water partition coefficient (Wildman–Crippen LogP) is 7.67. The number of carbonyl (C=O) groups is 1. The molecule has 0 spiro atoms. The van der Waals surface area contributed by atoms with Crippen LogP contribution in [0.25, 0.3) is 0 Å². The molecule has 7 heteroatoms. The number of amides is 1. The average Bonchev–Trinajstić information content (AvgIpc) is 2.84. The number of allylic oxidation sites excluding steroid dienone is 3. The second-order valence-corrected chi connectivity index (χ2v) is 11.9. The number of carbonyl (C=O) groups excluding carboxylic acids is 1. The summed E-state index contributed by atoms with van der Waals surface area (Å²) in [6.07, 6.45) is 28.7. The van der Waals surface area contributed by atoms with E-state index in [-0.39, 0.29) is 12.3 Å². The van der Waals surface area contributed by atoms with Crippen molar-refractivity contribution in [1.82, 2.24) is 5.32 Å². The number of hydrogen-bond acceptors (Lipinski definition) is 4. The lowest BCUT2D eigenvalue weighted by molar-refractivity contribution is -0.122. The number of unbranched alkanes of at least 4 members (excludes halogenated alkanes) is 16. The monoisotopic (exact) mass is 543 g/mol. The Hall–Kier alpha value is -1.18. The van der Waals surface area contributed by atoms with E-state index in [1.54, 1.807) is 0 Å². The van der Waals surface area contributed by atoms with Gasteiger partial charge in [0.1, 0.15) is 0 Å². The van der Waals surface area contributed by atoms with Gasteiger partial charge in [-0.05, 0) is 38.5 Å². The van der Waals surface area contributed by atoms with Crippen LogP contribution in [0.15, 0.2) is 24.3 Å². The van der Waals surface area contributed by atoms with Gasteiger partial charge in [0.2, 0.25) is 5.91 Å². The molecule has 0 aliphatic rings. The zero-order valence-corrected chi connectivity index (χ0v) is 24.7. The molecule has 0 aliphatic heterocycles. The normalized spacial score (nSPS) is 13.9. The van der Waals surface area contributed by atoms with Gasteiger partial charge in [0, 0.05) is 6.42 Å². The van der Waals surface area contributed by atoms with E-state index in [9.17, 15) is 22.9 Å². The van der Waals surface area contributed by atoms with Gasteiger partial charge in [-0.25, -0.2) is 0 Å². The minimum Gasteiger partial charge on any atom is -0.387 e. The van der Waals surface area contributed by atoms with Crippen molar-refractivity contribution < 1.29 is 22.9 Å². The van der Waals surface area contributed by atoms with Gasteiger partial charge in [0.15, 0.2) is 0 Å². The molecule has 1 amide bonds. The second-order valence-electron chi connectivity index (χ2n) is 10.4. The molecule has 0 saturated carbocycles. The zero-order chi connectivity index (χ0) is 27.6. The molecule has 0 rings (SSSR count). The summed E-state index contributed by atoms with van der Waals surface area (Å²) in [6.45, 7) is 4.42. The average molecular weight is 544 g/mol. The largest absolute Gasteiger partial charge is 0.387 e. The maximum Gasteiger partial charge on any atom is 0.267 e. The number of hydrogen-bond donors (Lipinski definition) is 3. The topological polar surface area (TPSA) is 104 Å². The van der Waals surface area contributed by atoms with Crippen LogP contribution in [0.1, 0.15) is 142 Å². The van der Waals surface area contributed by atoms with E-state index in [1.807, 2.05) is 6.08 Å². The SMILES string of the molecule is CCCC/C=C\CCCCCCCC(=O)NC(CS(=O)(=O)O)C(O)/C=C/CCCCCCCCCCC. The van der Waals surface area contributed by atoms with Gasteiger partial charge in [-0.2, -0.15) is 8.42 Å². The van der Waals surface area contributed by atoms with Crippen LogP contribution >= 0.6 is 0 Å². The van der Waals surface area contributed by atoms with Gasteiger partial charge < -0.3 is 10.4 Å². The molecule has 37 heavy (non-hydrogen) atoms. The Morgan fingerprint density at radius 3 is 1.70 bits per heavy atom. The van der Waals surface area contributed by atoms with Crippen LogP contribution < -0.4 is 5.32 Å². The fraction of sp³-hybridized carbons (Fsp3) is 0.833. The van der Waals surface area contributed by atoms with Crippen molar-refractivity contribution in [3.05, 3.63) is 24.3 Å². The molecule has 6 nitrogen and oxygen atoms in total. The quantitative estimate of drug-likeness (QED) is 0.0590. The van der Waals surface area contributed by atoms with E-state index in [0.717, 1.165) is 64.2 Å². The van der Waals surface area contributed by atoms with Gasteiger partial charge in [-0.1, -0.05) is 122 Å². The van der Waals surface area contributed by atoms with Crippen molar-refractivity contribution in [3.63, 3.8) is 0 Å². The van der Waals surface area contributed by atoms with Crippen LogP contribution in [-0.4, -0.2) is 41.9 Å². The summed E-state index contributed by atoms with van der Waals surface area (Å²) in [5.74, 6) is -0.993. The van der Waals surface area contributed by atoms with Crippen molar-refractivity contribution in [2.45, 2.75) is 154 Å². The van der Waals surface area contributed by atoms with Crippen LogP contribution in [0.4, 0.5) is 0 Å². The first-order valence-electron chi connectivity index (χ1n) is 15.0. The third-order valence-corrected chi connectivity index (χ3v) is 7.40. The molecule has 3 N–H and O–H groups in total. The van der Waals surface area contributed by atoms with Crippen molar-refractivity contribution in [1.29, 1.82) is 0 Å². The maximum atomic E-state index is 12.3. The van der Waals surface area contributed by atoms with Crippen LogP contribution in [0, 0.1) is 0 Å².